The Balaban J connectivity index is 0.920. The maximum Gasteiger partial charge on any atom is 0.0620 e. The number of hydrogen-bond acceptors (Lipinski definition) is 0. The van der Waals surface area contributed by atoms with Crippen molar-refractivity contribution in [1.29, 1.82) is 0 Å². The van der Waals surface area contributed by atoms with Crippen LogP contribution in [0, 0.1) is 0 Å². The molecular formula is C54H29N3. The van der Waals surface area contributed by atoms with E-state index < -0.39 is 0 Å². The summed E-state index contributed by atoms with van der Waals surface area (Å²) in [6, 6.07) is 66.1. The predicted molar refractivity (Wildman–Crippen MR) is 241 cm³/mol. The maximum absolute atomic E-state index is 2.50. The van der Waals surface area contributed by atoms with Gasteiger partial charge in [0, 0.05) is 64.6 Å². The lowest BCUT2D eigenvalue weighted by Gasteiger charge is -2.07. The van der Waals surface area contributed by atoms with Gasteiger partial charge in [0.25, 0.3) is 0 Å². The van der Waals surface area contributed by atoms with Gasteiger partial charge in [-0.1, -0.05) is 109 Å². The Morgan fingerprint density at radius 2 is 0.474 bits per heavy atom. The molecule has 6 aromatic heterocycles. The minimum atomic E-state index is 1.24. The van der Waals surface area contributed by atoms with E-state index in [0.29, 0.717) is 0 Å². The zero-order chi connectivity index (χ0) is 36.7. The van der Waals surface area contributed by atoms with Crippen LogP contribution in [0.15, 0.2) is 176 Å². The van der Waals surface area contributed by atoms with E-state index in [4.69, 9.17) is 0 Å². The van der Waals surface area contributed by atoms with Crippen LogP contribution in [0.2, 0.25) is 0 Å². The number of benzene rings is 9. The van der Waals surface area contributed by atoms with Gasteiger partial charge >= 0.3 is 0 Å². The van der Waals surface area contributed by atoms with Crippen molar-refractivity contribution in [3.8, 4) is 22.3 Å². The molecule has 0 radical (unpaired) electrons. The van der Waals surface area contributed by atoms with Crippen LogP contribution >= 0.6 is 0 Å². The van der Waals surface area contributed by atoms with Gasteiger partial charge in [0.15, 0.2) is 0 Å². The molecule has 15 rings (SSSR count). The molecule has 0 atom stereocenters. The first kappa shape index (κ1) is 28.8. The van der Waals surface area contributed by atoms with E-state index in [1.165, 1.54) is 137 Å². The van der Waals surface area contributed by atoms with Crippen molar-refractivity contribution in [3.05, 3.63) is 176 Å². The lowest BCUT2D eigenvalue weighted by atomic mass is 9.97. The molecule has 6 heterocycles. The van der Waals surface area contributed by atoms with E-state index in [0.717, 1.165) is 0 Å². The number of rotatable bonds is 2. The second kappa shape index (κ2) is 9.78. The molecule has 9 aromatic carbocycles. The number of fused-ring (bicyclic) bond motifs is 18. The fourth-order valence-electron chi connectivity index (χ4n) is 11.1. The van der Waals surface area contributed by atoms with Crippen molar-refractivity contribution in [3.63, 3.8) is 0 Å². The number of nitrogens with zero attached hydrogens (tertiary/aromatic N) is 3. The first-order valence-electron chi connectivity index (χ1n) is 19.9. The lowest BCUT2D eigenvalue weighted by Crippen LogP contribution is -1.84. The highest BCUT2D eigenvalue weighted by molar-refractivity contribution is 6.27. The average molecular weight is 720 g/mol. The third kappa shape index (κ3) is 3.35. The van der Waals surface area contributed by atoms with Crippen LogP contribution in [0.4, 0.5) is 0 Å². The fourth-order valence-corrected chi connectivity index (χ4v) is 11.1. The smallest absolute Gasteiger partial charge is 0.0620 e. The Morgan fingerprint density at radius 1 is 0.193 bits per heavy atom. The SMILES string of the molecule is c1ccc2c(c1)c1cccc3c4cc(-c5ccc6c(c5)c5cccc7c8cc(-c9cc%10c%11ccccc%11n%11c%12ccccc%12c(c9)c%10%11)ccc8n6c57)ccc4n2c13. The number of para-hydroxylation sites is 5. The lowest BCUT2D eigenvalue weighted by molar-refractivity contribution is 1.37. The van der Waals surface area contributed by atoms with Gasteiger partial charge in [-0.25, -0.2) is 0 Å². The van der Waals surface area contributed by atoms with Gasteiger partial charge in [0.2, 0.25) is 0 Å². The number of hydrogen-bond donors (Lipinski definition) is 0. The standard InChI is InChI=1S/C54H29N3/c1-4-16-46-34(9-1)37-12-7-13-38-41-25-30(19-22-49(41)56(46)52(37)38)31-20-23-50-42(26-31)39-14-8-15-40-43-27-32(21-24-51(43)57(50)53(39)40)33-28-44-35-10-2-5-17-47(35)55-48-18-6-3-11-36(48)45(29-33)54(44)55/h1-29H. The Kier molecular flexibility index (Phi) is 4.94. The van der Waals surface area contributed by atoms with E-state index >= 15 is 0 Å². The van der Waals surface area contributed by atoms with Crippen LogP contribution in [-0.2, 0) is 0 Å². The third-order valence-electron chi connectivity index (χ3n) is 13.4. The normalized spacial score (nSPS) is 12.9. The monoisotopic (exact) mass is 719 g/mol. The molecule has 0 unspecified atom stereocenters. The molecule has 15 aromatic rings. The second-order valence-electron chi connectivity index (χ2n) is 16.1. The topological polar surface area (TPSA) is 13.2 Å². The summed E-state index contributed by atoms with van der Waals surface area (Å²) in [5.74, 6) is 0. The summed E-state index contributed by atoms with van der Waals surface area (Å²) in [5.41, 5.74) is 16.5. The molecule has 0 saturated heterocycles. The molecule has 0 aliphatic rings. The van der Waals surface area contributed by atoms with Crippen molar-refractivity contribution in [1.82, 2.24) is 13.2 Å². The van der Waals surface area contributed by atoms with E-state index in [-0.39, 0.29) is 0 Å². The minimum absolute atomic E-state index is 1.24. The summed E-state index contributed by atoms with van der Waals surface area (Å²) in [6.07, 6.45) is 0. The molecule has 0 aliphatic heterocycles. The highest BCUT2D eigenvalue weighted by atomic mass is 14.9. The van der Waals surface area contributed by atoms with Crippen molar-refractivity contribution in [2.45, 2.75) is 0 Å². The summed E-state index contributed by atoms with van der Waals surface area (Å²) in [7, 11) is 0. The van der Waals surface area contributed by atoms with Crippen molar-refractivity contribution in [2.75, 3.05) is 0 Å². The first-order valence-corrected chi connectivity index (χ1v) is 19.9. The summed E-state index contributed by atoms with van der Waals surface area (Å²) >= 11 is 0. The van der Waals surface area contributed by atoms with Gasteiger partial charge < -0.3 is 13.2 Å². The highest BCUT2D eigenvalue weighted by Gasteiger charge is 2.22. The molecule has 0 spiro atoms. The van der Waals surface area contributed by atoms with Crippen LogP contribution in [0.3, 0.4) is 0 Å². The zero-order valence-electron chi connectivity index (χ0n) is 30.6. The van der Waals surface area contributed by atoms with E-state index in [2.05, 4.69) is 189 Å². The average Bonchev–Trinajstić information content (AvgIpc) is 4.10. The Labute approximate surface area is 324 Å². The molecule has 3 nitrogen and oxygen atoms in total. The van der Waals surface area contributed by atoms with Gasteiger partial charge in [-0.05, 0) is 89.0 Å². The molecule has 0 bridgehead atoms. The molecule has 3 heteroatoms. The Hall–Kier alpha value is -7.62. The van der Waals surface area contributed by atoms with Crippen molar-refractivity contribution >= 4 is 114 Å². The molecule has 0 amide bonds. The van der Waals surface area contributed by atoms with Gasteiger partial charge in [-0.15, -0.1) is 0 Å². The van der Waals surface area contributed by atoms with Crippen LogP contribution in [-0.4, -0.2) is 13.2 Å². The fraction of sp³-hybridized carbons (Fsp3) is 0. The van der Waals surface area contributed by atoms with Gasteiger partial charge in [-0.2, -0.15) is 0 Å². The molecule has 0 N–H and O–H groups in total. The predicted octanol–water partition coefficient (Wildman–Crippen LogP) is 14.5. The molecule has 0 saturated carbocycles. The van der Waals surface area contributed by atoms with E-state index in [9.17, 15) is 0 Å². The van der Waals surface area contributed by atoms with Gasteiger partial charge in [0.05, 0.1) is 49.7 Å². The van der Waals surface area contributed by atoms with Gasteiger partial charge in [0.1, 0.15) is 0 Å². The quantitative estimate of drug-likeness (QED) is 0.169. The molecule has 0 fully saturated rings. The van der Waals surface area contributed by atoms with Crippen LogP contribution in [0.5, 0.6) is 0 Å². The van der Waals surface area contributed by atoms with Crippen molar-refractivity contribution in [2.24, 2.45) is 0 Å². The van der Waals surface area contributed by atoms with Crippen LogP contribution in [0.25, 0.3) is 137 Å². The zero-order valence-corrected chi connectivity index (χ0v) is 30.6. The van der Waals surface area contributed by atoms with Crippen molar-refractivity contribution < 1.29 is 0 Å². The summed E-state index contributed by atoms with van der Waals surface area (Å²) in [5, 5.41) is 15.7. The maximum atomic E-state index is 2.50. The molecular weight excluding hydrogens is 691 g/mol. The summed E-state index contributed by atoms with van der Waals surface area (Å²) < 4.78 is 7.41. The molecule has 0 aliphatic carbocycles. The van der Waals surface area contributed by atoms with Crippen LogP contribution in [0.1, 0.15) is 0 Å². The summed E-state index contributed by atoms with van der Waals surface area (Å²) in [6.45, 7) is 0. The Bertz CT molecular complexity index is 4130. The second-order valence-corrected chi connectivity index (χ2v) is 16.1. The molecule has 57 heavy (non-hydrogen) atoms. The summed E-state index contributed by atoms with van der Waals surface area (Å²) in [4.78, 5) is 0. The number of aromatic nitrogens is 3. The van der Waals surface area contributed by atoms with E-state index in [1.807, 2.05) is 0 Å². The Morgan fingerprint density at radius 3 is 0.895 bits per heavy atom. The first-order chi connectivity index (χ1) is 28.3. The minimum Gasteiger partial charge on any atom is -0.308 e. The van der Waals surface area contributed by atoms with Crippen LogP contribution < -0.4 is 0 Å². The largest absolute Gasteiger partial charge is 0.308 e. The molecule has 260 valence electrons. The highest BCUT2D eigenvalue weighted by Crippen LogP contribution is 2.45. The van der Waals surface area contributed by atoms with Gasteiger partial charge in [-0.3, -0.25) is 0 Å². The third-order valence-corrected chi connectivity index (χ3v) is 13.4. The van der Waals surface area contributed by atoms with E-state index in [1.54, 1.807) is 0 Å².